The number of primary amides is 1. The van der Waals surface area contributed by atoms with Crippen LogP contribution in [0.4, 0.5) is 0 Å². The molecule has 33 heteroatoms. The topological polar surface area (TPSA) is 511 Å². The van der Waals surface area contributed by atoms with E-state index in [2.05, 4.69) is 47.9 Å². The van der Waals surface area contributed by atoms with Crippen molar-refractivity contribution in [3.8, 4) is 0 Å². The number of ether oxygens (including phenoxy) is 4. The Bertz CT molecular complexity index is 2390. The van der Waals surface area contributed by atoms with Crippen LogP contribution < -0.4 is 53.6 Å². The Morgan fingerprint density at radius 2 is 0.704 bits per heavy atom. The fraction of sp³-hybridized carbons (Fsp3) is 0.785. The van der Waals surface area contributed by atoms with E-state index < -0.39 is 133 Å². The van der Waals surface area contributed by atoms with E-state index in [1.54, 1.807) is 0 Å². The number of nitrogens with one attached hydrogen (secondary N) is 9. The lowest BCUT2D eigenvalue weighted by Gasteiger charge is -2.25. The lowest BCUT2D eigenvalue weighted by molar-refractivity contribution is -0.144. The van der Waals surface area contributed by atoms with Crippen molar-refractivity contribution in [2.75, 3.05) is 79.0 Å². The molecule has 0 aliphatic carbocycles. The Kier molecular flexibility index (Phi) is 53.8. The van der Waals surface area contributed by atoms with Crippen LogP contribution in [0.1, 0.15) is 207 Å². The van der Waals surface area contributed by atoms with Gasteiger partial charge in [0.2, 0.25) is 53.2 Å². The van der Waals surface area contributed by atoms with E-state index in [1.807, 2.05) is 20.8 Å². The van der Waals surface area contributed by atoms with Crippen LogP contribution in [0.5, 0.6) is 0 Å². The highest BCUT2D eigenvalue weighted by molar-refractivity contribution is 5.90. The zero-order chi connectivity index (χ0) is 73.3. The molecule has 0 spiro atoms. The van der Waals surface area contributed by atoms with Crippen molar-refractivity contribution >= 4 is 83.0 Å². The quantitative estimate of drug-likeness (QED) is 0.0385. The average molecular weight is 1400 g/mol. The van der Waals surface area contributed by atoms with Crippen molar-refractivity contribution < 1.29 is 112 Å². The molecule has 7 unspecified atom stereocenters. The molecule has 0 radical (unpaired) electrons. The van der Waals surface area contributed by atoms with Crippen LogP contribution in [0.25, 0.3) is 0 Å². The SMILES string of the molecule is CCCNC(CCCCNC(=O)CCC(NC(=O)CCC(NC(=O)COCCOCCNC(=O)COCCOCCNC(=O)CCC(NC(=O)CCC(NC(=O)CCCCCCCCCCCCCCCCC(=O)O)C(=O)O)C(=O)O)C(=O)O)C(=O)O)C(=O)NC(C(N)=O)C(C)CC. The zero-order valence-corrected chi connectivity index (χ0v) is 57.7. The van der Waals surface area contributed by atoms with Crippen molar-refractivity contribution in [1.29, 1.82) is 0 Å². The predicted octanol–water partition coefficient (Wildman–Crippen LogP) is 1.68. The van der Waals surface area contributed by atoms with E-state index in [9.17, 15) is 87.5 Å². The van der Waals surface area contributed by atoms with Crippen LogP contribution in [0.2, 0.25) is 0 Å². The number of carbonyl (C=O) groups is 14. The first-order chi connectivity index (χ1) is 46.8. The molecule has 0 bridgehead atoms. The summed E-state index contributed by atoms with van der Waals surface area (Å²) in [7, 11) is 0. The molecule has 0 rings (SSSR count). The Morgan fingerprint density at radius 3 is 1.10 bits per heavy atom. The summed E-state index contributed by atoms with van der Waals surface area (Å²) < 4.78 is 21.2. The molecule has 0 aliphatic heterocycles. The first-order valence-electron chi connectivity index (χ1n) is 34.6. The highest BCUT2D eigenvalue weighted by Gasteiger charge is 2.29. The maximum Gasteiger partial charge on any atom is 0.326 e. The molecule has 562 valence electrons. The third-order valence-corrected chi connectivity index (χ3v) is 15.6. The van der Waals surface area contributed by atoms with Gasteiger partial charge in [-0.05, 0) is 76.7 Å². The number of amides is 9. The summed E-state index contributed by atoms with van der Waals surface area (Å²) in [5.74, 6) is -11.8. The van der Waals surface area contributed by atoms with Gasteiger partial charge in [0.15, 0.2) is 0 Å². The van der Waals surface area contributed by atoms with Gasteiger partial charge >= 0.3 is 29.8 Å². The highest BCUT2D eigenvalue weighted by Crippen LogP contribution is 2.15. The second-order valence-electron chi connectivity index (χ2n) is 24.0. The summed E-state index contributed by atoms with van der Waals surface area (Å²) in [4.78, 5) is 170. The molecule has 98 heavy (non-hydrogen) atoms. The molecular formula is C65H114N10O23. The monoisotopic (exact) mass is 1400 g/mol. The van der Waals surface area contributed by atoms with E-state index >= 15 is 0 Å². The van der Waals surface area contributed by atoms with E-state index in [1.165, 1.54) is 25.7 Å². The summed E-state index contributed by atoms with van der Waals surface area (Å²) in [6.45, 7) is 5.89. The molecular weight excluding hydrogens is 1290 g/mol. The van der Waals surface area contributed by atoms with E-state index in [4.69, 9.17) is 29.8 Å². The van der Waals surface area contributed by atoms with Crippen molar-refractivity contribution in [1.82, 2.24) is 47.9 Å². The van der Waals surface area contributed by atoms with Crippen molar-refractivity contribution in [3.05, 3.63) is 0 Å². The fourth-order valence-corrected chi connectivity index (χ4v) is 9.70. The highest BCUT2D eigenvalue weighted by atomic mass is 16.5. The molecule has 0 heterocycles. The van der Waals surface area contributed by atoms with E-state index in [0.717, 1.165) is 64.2 Å². The number of carboxylic acids is 5. The molecule has 0 aliphatic rings. The van der Waals surface area contributed by atoms with E-state index in [0.29, 0.717) is 38.6 Å². The molecule has 7 atom stereocenters. The number of carbonyl (C=O) groups excluding carboxylic acids is 9. The average Bonchev–Trinajstić information content (AvgIpc) is 0.997. The standard InChI is InChI=1S/C65H114N10O23/c1-4-33-67-46(61(86)75-59(60(66)85)45(3)5-2)22-20-21-34-68-51(76)29-25-47(62(87)88)72-55(80)32-28-50(65(93)94)74-57(82)44-98-42-40-96-38-36-70-56(81)43-97-41-39-95-37-35-69-52(77)30-26-48(63(89)90)73-54(79)31-27-49(64(91)92)71-53(78)23-18-16-14-12-10-8-6-7-9-11-13-15-17-19-24-58(83)84/h45-50,59,67H,4-44H2,1-3H3,(H2,66,85)(H,68,76)(H,69,77)(H,70,81)(H,71,78)(H,72,80)(H,73,79)(H,74,82)(H,75,86)(H,83,84)(H,87,88)(H,89,90)(H,91,92)(H,93,94). The number of rotatable bonds is 66. The van der Waals surface area contributed by atoms with Gasteiger partial charge in [0.1, 0.15) is 43.4 Å². The number of hydrogen-bond acceptors (Lipinski definition) is 19. The van der Waals surface area contributed by atoms with Crippen molar-refractivity contribution in [3.63, 3.8) is 0 Å². The van der Waals surface area contributed by atoms with Gasteiger partial charge in [0.25, 0.3) is 0 Å². The lowest BCUT2D eigenvalue weighted by Crippen LogP contribution is -2.54. The minimum atomic E-state index is -1.52. The fourth-order valence-electron chi connectivity index (χ4n) is 9.70. The summed E-state index contributed by atoms with van der Waals surface area (Å²) in [5, 5.41) is 70.2. The number of aliphatic carboxylic acids is 5. The Morgan fingerprint density at radius 1 is 0.347 bits per heavy atom. The molecule has 0 saturated heterocycles. The van der Waals surface area contributed by atoms with Crippen molar-refractivity contribution in [2.24, 2.45) is 11.7 Å². The van der Waals surface area contributed by atoms with Gasteiger partial charge in [0.05, 0.1) is 45.7 Å². The van der Waals surface area contributed by atoms with Gasteiger partial charge in [0, 0.05) is 58.2 Å². The molecule has 0 aromatic rings. The van der Waals surface area contributed by atoms with Gasteiger partial charge in [-0.15, -0.1) is 0 Å². The maximum absolute atomic E-state index is 13.0. The molecule has 0 aromatic carbocycles. The minimum absolute atomic E-state index is 0.00324. The summed E-state index contributed by atoms with van der Waals surface area (Å²) in [6, 6.07) is -7.17. The molecule has 9 amide bonds. The second-order valence-corrected chi connectivity index (χ2v) is 24.0. The summed E-state index contributed by atoms with van der Waals surface area (Å²) in [5.41, 5.74) is 5.51. The Hall–Kier alpha value is -7.62. The van der Waals surface area contributed by atoms with Gasteiger partial charge in [-0.25, -0.2) is 19.2 Å². The molecule has 16 N–H and O–H groups in total. The van der Waals surface area contributed by atoms with Crippen LogP contribution >= 0.6 is 0 Å². The summed E-state index contributed by atoms with van der Waals surface area (Å²) in [6.07, 6.45) is 14.9. The predicted molar refractivity (Wildman–Crippen MR) is 356 cm³/mol. The number of hydrogen-bond donors (Lipinski definition) is 15. The van der Waals surface area contributed by atoms with Crippen LogP contribution in [-0.4, -0.2) is 224 Å². The minimum Gasteiger partial charge on any atom is -0.481 e. The van der Waals surface area contributed by atoms with Gasteiger partial charge in [-0.1, -0.05) is 104 Å². The zero-order valence-electron chi connectivity index (χ0n) is 57.7. The third-order valence-electron chi connectivity index (χ3n) is 15.6. The first kappa shape index (κ1) is 90.4. The molecule has 0 aromatic heterocycles. The smallest absolute Gasteiger partial charge is 0.326 e. The molecule has 0 fully saturated rings. The van der Waals surface area contributed by atoms with Crippen molar-refractivity contribution in [2.45, 2.75) is 243 Å². The van der Waals surface area contributed by atoms with Gasteiger partial charge in [-0.2, -0.15) is 0 Å². The maximum atomic E-state index is 13.0. The van der Waals surface area contributed by atoms with E-state index in [-0.39, 0.29) is 129 Å². The summed E-state index contributed by atoms with van der Waals surface area (Å²) >= 11 is 0. The number of unbranched alkanes of at least 4 members (excludes halogenated alkanes) is 14. The Balaban J connectivity index is 4.23. The van der Waals surface area contributed by atoms with Gasteiger partial charge in [-0.3, -0.25) is 47.9 Å². The largest absolute Gasteiger partial charge is 0.481 e. The van der Waals surface area contributed by atoms with Crippen LogP contribution in [-0.2, 0) is 86.1 Å². The second kappa shape index (κ2) is 58.4. The van der Waals surface area contributed by atoms with Crippen LogP contribution in [0.3, 0.4) is 0 Å². The molecule has 33 nitrogen and oxygen atoms in total. The Labute approximate surface area is 574 Å². The number of nitrogens with two attached hydrogens (primary N) is 1. The normalized spacial score (nSPS) is 13.2. The van der Waals surface area contributed by atoms with Gasteiger partial charge < -0.3 is 98.1 Å². The lowest BCUT2D eigenvalue weighted by atomic mass is 9.97. The number of carboxylic acid groups (broad SMARTS) is 5. The third kappa shape index (κ3) is 50.7. The molecule has 0 saturated carbocycles. The van der Waals surface area contributed by atoms with Crippen LogP contribution in [0, 0.1) is 5.92 Å². The van der Waals surface area contributed by atoms with Crippen LogP contribution in [0.15, 0.2) is 0 Å². The first-order valence-corrected chi connectivity index (χ1v) is 34.6.